The van der Waals surface area contributed by atoms with Crippen LogP contribution < -0.4 is 0 Å². The van der Waals surface area contributed by atoms with Crippen molar-refractivity contribution in [3.05, 3.63) is 34.6 Å². The van der Waals surface area contributed by atoms with E-state index in [9.17, 15) is 9.18 Å². The van der Waals surface area contributed by atoms with Gasteiger partial charge in [-0.2, -0.15) is 0 Å². The summed E-state index contributed by atoms with van der Waals surface area (Å²) in [6, 6.07) is 4.20. The molecule has 0 aromatic heterocycles. The molecule has 0 bridgehead atoms. The molecule has 1 heterocycles. The standard InChI is InChI=1S/C14H18ClFN2O/c1-2-17-6-3-7-18(9-8-17)14(19)12-5-4-11(15)10-13(12)16/h4-5,10H,2-3,6-9H2,1H3. The van der Waals surface area contributed by atoms with E-state index < -0.39 is 5.82 Å². The van der Waals surface area contributed by atoms with Crippen LogP contribution in [0.4, 0.5) is 4.39 Å². The van der Waals surface area contributed by atoms with Crippen molar-refractivity contribution in [3.63, 3.8) is 0 Å². The Morgan fingerprint density at radius 2 is 2.11 bits per heavy atom. The van der Waals surface area contributed by atoms with Gasteiger partial charge in [0.1, 0.15) is 5.82 Å². The maximum Gasteiger partial charge on any atom is 0.256 e. The summed E-state index contributed by atoms with van der Waals surface area (Å²) in [5.41, 5.74) is 0.106. The SMILES string of the molecule is CCN1CCCN(C(=O)c2ccc(Cl)cc2F)CC1. The topological polar surface area (TPSA) is 23.6 Å². The summed E-state index contributed by atoms with van der Waals surface area (Å²) in [7, 11) is 0. The van der Waals surface area contributed by atoms with E-state index in [-0.39, 0.29) is 11.5 Å². The number of nitrogens with zero attached hydrogens (tertiary/aromatic N) is 2. The van der Waals surface area contributed by atoms with Crippen molar-refractivity contribution in [2.45, 2.75) is 13.3 Å². The number of rotatable bonds is 2. The van der Waals surface area contributed by atoms with Crippen LogP contribution >= 0.6 is 11.6 Å². The van der Waals surface area contributed by atoms with Crippen LogP contribution in [-0.2, 0) is 0 Å². The van der Waals surface area contributed by atoms with E-state index in [0.29, 0.717) is 18.1 Å². The molecule has 0 atom stereocenters. The highest BCUT2D eigenvalue weighted by Crippen LogP contribution is 2.17. The smallest absolute Gasteiger partial charge is 0.256 e. The summed E-state index contributed by atoms with van der Waals surface area (Å²) in [4.78, 5) is 16.3. The van der Waals surface area contributed by atoms with Gasteiger partial charge in [-0.3, -0.25) is 4.79 Å². The maximum absolute atomic E-state index is 13.8. The number of carbonyl (C=O) groups is 1. The van der Waals surface area contributed by atoms with Gasteiger partial charge in [-0.05, 0) is 37.7 Å². The van der Waals surface area contributed by atoms with Crippen LogP contribution in [-0.4, -0.2) is 48.4 Å². The molecule has 3 nitrogen and oxygen atoms in total. The summed E-state index contributed by atoms with van der Waals surface area (Å²) in [5, 5.41) is 0.307. The third-order valence-electron chi connectivity index (χ3n) is 3.48. The largest absolute Gasteiger partial charge is 0.337 e. The Hall–Kier alpha value is -1.13. The van der Waals surface area contributed by atoms with Gasteiger partial charge < -0.3 is 9.80 Å². The van der Waals surface area contributed by atoms with E-state index in [1.807, 2.05) is 0 Å². The number of likely N-dealkylation sites (N-methyl/N-ethyl adjacent to an activating group) is 1. The van der Waals surface area contributed by atoms with Crippen molar-refractivity contribution in [1.82, 2.24) is 9.80 Å². The summed E-state index contributed by atoms with van der Waals surface area (Å²) in [6.07, 6.45) is 0.925. The Bertz CT molecular complexity index is 467. The minimum absolute atomic E-state index is 0.106. The van der Waals surface area contributed by atoms with Crippen molar-refractivity contribution in [2.24, 2.45) is 0 Å². The Morgan fingerprint density at radius 3 is 2.79 bits per heavy atom. The van der Waals surface area contributed by atoms with Gasteiger partial charge in [0.25, 0.3) is 5.91 Å². The Kier molecular flexibility index (Phi) is 4.77. The van der Waals surface area contributed by atoms with Crippen LogP contribution in [0, 0.1) is 5.82 Å². The number of hydrogen-bond acceptors (Lipinski definition) is 2. The van der Waals surface area contributed by atoms with Gasteiger partial charge >= 0.3 is 0 Å². The van der Waals surface area contributed by atoms with E-state index in [0.717, 1.165) is 26.1 Å². The molecule has 104 valence electrons. The molecule has 19 heavy (non-hydrogen) atoms. The molecule has 2 rings (SSSR count). The molecule has 1 aromatic carbocycles. The number of benzene rings is 1. The Balaban J connectivity index is 2.10. The van der Waals surface area contributed by atoms with Gasteiger partial charge in [0.05, 0.1) is 5.56 Å². The highest BCUT2D eigenvalue weighted by atomic mass is 35.5. The summed E-state index contributed by atoms with van der Waals surface area (Å²) in [5.74, 6) is -0.791. The zero-order valence-electron chi connectivity index (χ0n) is 11.0. The first-order valence-corrected chi connectivity index (χ1v) is 6.96. The molecular weight excluding hydrogens is 267 g/mol. The molecule has 1 saturated heterocycles. The molecule has 0 saturated carbocycles. The fourth-order valence-corrected chi connectivity index (χ4v) is 2.48. The third-order valence-corrected chi connectivity index (χ3v) is 3.72. The van der Waals surface area contributed by atoms with Gasteiger partial charge in [0.15, 0.2) is 0 Å². The lowest BCUT2D eigenvalue weighted by Crippen LogP contribution is -2.35. The van der Waals surface area contributed by atoms with E-state index in [1.165, 1.54) is 12.1 Å². The van der Waals surface area contributed by atoms with Crippen LogP contribution in [0.3, 0.4) is 0 Å². The van der Waals surface area contributed by atoms with Crippen molar-refractivity contribution in [1.29, 1.82) is 0 Å². The molecular formula is C14H18ClFN2O. The summed E-state index contributed by atoms with van der Waals surface area (Å²) < 4.78 is 13.8. The average molecular weight is 285 g/mol. The number of hydrogen-bond donors (Lipinski definition) is 0. The van der Waals surface area contributed by atoms with Crippen LogP contribution in [0.25, 0.3) is 0 Å². The molecule has 0 radical (unpaired) electrons. The predicted octanol–water partition coefficient (Wildman–Crippen LogP) is 2.65. The molecule has 1 fully saturated rings. The highest BCUT2D eigenvalue weighted by molar-refractivity contribution is 6.30. The highest BCUT2D eigenvalue weighted by Gasteiger charge is 2.21. The van der Waals surface area contributed by atoms with Gasteiger partial charge in [-0.1, -0.05) is 18.5 Å². The van der Waals surface area contributed by atoms with Crippen LogP contribution in [0.2, 0.25) is 5.02 Å². The molecule has 1 aliphatic heterocycles. The van der Waals surface area contributed by atoms with Crippen molar-refractivity contribution < 1.29 is 9.18 Å². The molecule has 0 unspecified atom stereocenters. The van der Waals surface area contributed by atoms with E-state index in [4.69, 9.17) is 11.6 Å². The summed E-state index contributed by atoms with van der Waals surface area (Å²) in [6.45, 7) is 6.25. The van der Waals surface area contributed by atoms with Crippen LogP contribution in [0.5, 0.6) is 0 Å². The fourth-order valence-electron chi connectivity index (χ4n) is 2.32. The first-order chi connectivity index (χ1) is 9.11. The maximum atomic E-state index is 13.8. The predicted molar refractivity (Wildman–Crippen MR) is 74.0 cm³/mol. The first kappa shape index (κ1) is 14.3. The second kappa shape index (κ2) is 6.35. The lowest BCUT2D eigenvalue weighted by atomic mass is 10.2. The minimum atomic E-state index is -0.547. The third kappa shape index (κ3) is 3.45. The molecule has 0 N–H and O–H groups in total. The zero-order chi connectivity index (χ0) is 13.8. The minimum Gasteiger partial charge on any atom is -0.337 e. The molecule has 0 aliphatic carbocycles. The van der Waals surface area contributed by atoms with Crippen molar-refractivity contribution >= 4 is 17.5 Å². The first-order valence-electron chi connectivity index (χ1n) is 6.58. The molecule has 1 aliphatic rings. The molecule has 5 heteroatoms. The average Bonchev–Trinajstić information content (AvgIpc) is 2.63. The van der Waals surface area contributed by atoms with Crippen molar-refractivity contribution in [3.8, 4) is 0 Å². The summed E-state index contributed by atoms with van der Waals surface area (Å²) >= 11 is 5.70. The van der Waals surface area contributed by atoms with Crippen LogP contribution in [0.1, 0.15) is 23.7 Å². The van der Waals surface area contributed by atoms with Gasteiger partial charge in [-0.25, -0.2) is 4.39 Å². The number of carbonyl (C=O) groups excluding carboxylic acids is 1. The number of amides is 1. The van der Waals surface area contributed by atoms with Gasteiger partial charge in [0, 0.05) is 24.7 Å². The molecule has 0 spiro atoms. The lowest BCUT2D eigenvalue weighted by molar-refractivity contribution is 0.0757. The van der Waals surface area contributed by atoms with E-state index in [2.05, 4.69) is 11.8 Å². The molecule has 1 aromatic rings. The monoisotopic (exact) mass is 284 g/mol. The quantitative estimate of drug-likeness (QED) is 0.834. The van der Waals surface area contributed by atoms with Gasteiger partial charge in [-0.15, -0.1) is 0 Å². The second-order valence-electron chi connectivity index (χ2n) is 4.70. The molecule has 1 amide bonds. The number of halogens is 2. The lowest BCUT2D eigenvalue weighted by Gasteiger charge is -2.21. The normalized spacial score (nSPS) is 17.3. The zero-order valence-corrected chi connectivity index (χ0v) is 11.8. The van der Waals surface area contributed by atoms with Crippen molar-refractivity contribution in [2.75, 3.05) is 32.7 Å². The van der Waals surface area contributed by atoms with Gasteiger partial charge in [0.2, 0.25) is 0 Å². The van der Waals surface area contributed by atoms with E-state index >= 15 is 0 Å². The van der Waals surface area contributed by atoms with E-state index in [1.54, 1.807) is 11.0 Å². The second-order valence-corrected chi connectivity index (χ2v) is 5.14. The van der Waals surface area contributed by atoms with Crippen LogP contribution in [0.15, 0.2) is 18.2 Å². The Labute approximate surface area is 117 Å². The Morgan fingerprint density at radius 1 is 1.32 bits per heavy atom. The fraction of sp³-hybridized carbons (Fsp3) is 0.500.